The lowest BCUT2D eigenvalue weighted by Gasteiger charge is -2.34. The molecule has 0 spiro atoms. The monoisotopic (exact) mass is 428 g/mol. The van der Waals surface area contributed by atoms with Gasteiger partial charge in [0.05, 0.1) is 10.2 Å². The molecule has 0 aliphatic carbocycles. The molecule has 1 aliphatic rings. The Kier molecular flexibility index (Phi) is 6.33. The molecule has 29 heavy (non-hydrogen) atoms. The number of hydrogen-bond acceptors (Lipinski definition) is 5. The average molecular weight is 429 g/mol. The maximum Gasteiger partial charge on any atom is 0.251 e. The quantitative estimate of drug-likeness (QED) is 0.643. The minimum absolute atomic E-state index is 0.0765. The number of para-hydroxylation sites is 1. The van der Waals surface area contributed by atoms with Gasteiger partial charge >= 0.3 is 0 Å². The second-order valence-electron chi connectivity index (χ2n) is 7.21. The largest absolute Gasteiger partial charge is 0.351 e. The van der Waals surface area contributed by atoms with Crippen LogP contribution < -0.4 is 10.2 Å². The molecule has 3 aromatic rings. The van der Waals surface area contributed by atoms with Crippen LogP contribution in [0.4, 0.5) is 5.13 Å². The normalized spacial score (nSPS) is 15.0. The van der Waals surface area contributed by atoms with Crippen LogP contribution in [-0.4, -0.2) is 55.1 Å². The summed E-state index contributed by atoms with van der Waals surface area (Å²) in [6.45, 7) is 7.53. The van der Waals surface area contributed by atoms with Gasteiger partial charge in [-0.2, -0.15) is 0 Å². The van der Waals surface area contributed by atoms with Crippen LogP contribution in [0.5, 0.6) is 0 Å². The number of nitrogens with one attached hydrogen (secondary N) is 1. The van der Waals surface area contributed by atoms with Gasteiger partial charge in [-0.3, -0.25) is 9.69 Å². The first kappa shape index (κ1) is 20.1. The van der Waals surface area contributed by atoms with E-state index in [2.05, 4.69) is 40.2 Å². The molecule has 152 valence electrons. The average Bonchev–Trinajstić information content (AvgIpc) is 3.18. The molecule has 7 heteroatoms. The van der Waals surface area contributed by atoms with E-state index < -0.39 is 0 Å². The maximum atomic E-state index is 12.2. The summed E-state index contributed by atoms with van der Waals surface area (Å²) in [4.78, 5) is 21.9. The van der Waals surface area contributed by atoms with Gasteiger partial charge in [0.15, 0.2) is 5.13 Å². The number of anilines is 1. The highest BCUT2D eigenvalue weighted by molar-refractivity contribution is 7.22. The number of carbonyl (C=O) groups excluding carboxylic acids is 1. The molecule has 0 atom stereocenters. The number of benzene rings is 2. The summed E-state index contributed by atoms with van der Waals surface area (Å²) in [6.07, 6.45) is 1.01. The number of halogens is 1. The number of carbonyl (C=O) groups is 1. The van der Waals surface area contributed by atoms with E-state index in [0.29, 0.717) is 17.1 Å². The summed E-state index contributed by atoms with van der Waals surface area (Å²) >= 11 is 7.74. The van der Waals surface area contributed by atoms with Gasteiger partial charge in [0.25, 0.3) is 5.91 Å². The topological polar surface area (TPSA) is 48.5 Å². The molecule has 2 aromatic carbocycles. The van der Waals surface area contributed by atoms with E-state index in [0.717, 1.165) is 49.8 Å². The Bertz CT molecular complexity index is 997. The van der Waals surface area contributed by atoms with Gasteiger partial charge in [-0.25, -0.2) is 4.98 Å². The van der Waals surface area contributed by atoms with Crippen LogP contribution in [0.2, 0.25) is 5.02 Å². The van der Waals surface area contributed by atoms with E-state index in [1.54, 1.807) is 35.6 Å². The zero-order valence-corrected chi connectivity index (χ0v) is 18.1. The summed E-state index contributed by atoms with van der Waals surface area (Å²) < 4.78 is 1.27. The van der Waals surface area contributed by atoms with Crippen LogP contribution in [0.3, 0.4) is 0 Å². The van der Waals surface area contributed by atoms with Gasteiger partial charge in [0.1, 0.15) is 0 Å². The highest BCUT2D eigenvalue weighted by Gasteiger charge is 2.20. The third kappa shape index (κ3) is 4.71. The van der Waals surface area contributed by atoms with Gasteiger partial charge in [0, 0.05) is 49.9 Å². The third-order valence-electron chi connectivity index (χ3n) is 5.32. The summed E-state index contributed by atoms with van der Waals surface area (Å²) in [5, 5.41) is 4.68. The predicted octanol–water partition coefficient (Wildman–Crippen LogP) is 4.06. The maximum absolute atomic E-state index is 12.2. The van der Waals surface area contributed by atoms with Crippen molar-refractivity contribution >= 4 is 44.2 Å². The first-order chi connectivity index (χ1) is 14.1. The summed E-state index contributed by atoms with van der Waals surface area (Å²) in [7, 11) is 0. The summed E-state index contributed by atoms with van der Waals surface area (Å²) in [5.74, 6) is -0.0765. The molecule has 0 bridgehead atoms. The first-order valence-electron chi connectivity index (χ1n) is 10.0. The highest BCUT2D eigenvalue weighted by Crippen LogP contribution is 2.31. The molecule has 1 amide bonds. The van der Waals surface area contributed by atoms with E-state index in [1.807, 2.05) is 0 Å². The van der Waals surface area contributed by atoms with Crippen molar-refractivity contribution in [3.8, 4) is 0 Å². The van der Waals surface area contributed by atoms with E-state index in [1.165, 1.54) is 10.3 Å². The van der Waals surface area contributed by atoms with Gasteiger partial charge in [-0.15, -0.1) is 0 Å². The fourth-order valence-corrected chi connectivity index (χ4v) is 4.89. The molecule has 5 nitrogen and oxygen atoms in total. The molecule has 1 saturated heterocycles. The number of thiazole rings is 1. The first-order valence-corrected chi connectivity index (χ1v) is 11.2. The molecule has 1 aromatic heterocycles. The van der Waals surface area contributed by atoms with Crippen LogP contribution in [0.25, 0.3) is 10.2 Å². The molecule has 0 radical (unpaired) electrons. The standard InChI is InChI=1S/C22H25ClN4OS/c1-2-16-5-4-8-19-20(16)25-22(29-19)27-13-11-26(12-14-27)10-9-24-21(28)17-6-3-7-18(23)15-17/h3-8,15H,2,9-14H2,1H3,(H,24,28). The molecule has 2 heterocycles. The lowest BCUT2D eigenvalue weighted by atomic mass is 10.1. The van der Waals surface area contributed by atoms with Crippen LogP contribution in [0, 0.1) is 0 Å². The lowest BCUT2D eigenvalue weighted by Crippen LogP contribution is -2.48. The van der Waals surface area contributed by atoms with Crippen molar-refractivity contribution in [2.45, 2.75) is 13.3 Å². The second kappa shape index (κ2) is 9.11. The van der Waals surface area contributed by atoms with Gasteiger partial charge < -0.3 is 10.2 Å². The molecule has 0 saturated carbocycles. The number of rotatable bonds is 6. The number of nitrogens with zero attached hydrogens (tertiary/aromatic N) is 3. The van der Waals surface area contributed by atoms with E-state index >= 15 is 0 Å². The smallest absolute Gasteiger partial charge is 0.251 e. The van der Waals surface area contributed by atoms with Crippen molar-refractivity contribution < 1.29 is 4.79 Å². The van der Waals surface area contributed by atoms with Gasteiger partial charge in [0.2, 0.25) is 0 Å². The number of aromatic nitrogens is 1. The predicted molar refractivity (Wildman–Crippen MR) is 121 cm³/mol. The number of aryl methyl sites for hydroxylation is 1. The highest BCUT2D eigenvalue weighted by atomic mass is 35.5. The van der Waals surface area contributed by atoms with Crippen LogP contribution in [0.1, 0.15) is 22.8 Å². The van der Waals surface area contributed by atoms with Crippen LogP contribution >= 0.6 is 22.9 Å². The summed E-state index contributed by atoms with van der Waals surface area (Å²) in [5.41, 5.74) is 3.07. The van der Waals surface area contributed by atoms with Crippen molar-refractivity contribution in [3.05, 3.63) is 58.6 Å². The molecule has 1 N–H and O–H groups in total. The fraction of sp³-hybridized carbons (Fsp3) is 0.364. The van der Waals surface area contributed by atoms with Gasteiger partial charge in [-0.1, -0.05) is 48.1 Å². The zero-order chi connectivity index (χ0) is 20.2. The number of fused-ring (bicyclic) bond motifs is 1. The minimum atomic E-state index is -0.0765. The fourth-order valence-electron chi connectivity index (χ4n) is 3.64. The van der Waals surface area contributed by atoms with Crippen molar-refractivity contribution in [3.63, 3.8) is 0 Å². The Balaban J connectivity index is 1.27. The molecular weight excluding hydrogens is 404 g/mol. The van der Waals surface area contributed by atoms with Crippen molar-refractivity contribution in [2.75, 3.05) is 44.2 Å². The number of piperazine rings is 1. The molecule has 1 fully saturated rings. The van der Waals surface area contributed by atoms with E-state index in [9.17, 15) is 4.79 Å². The van der Waals surface area contributed by atoms with Crippen LogP contribution in [-0.2, 0) is 6.42 Å². The van der Waals surface area contributed by atoms with Crippen molar-refractivity contribution in [2.24, 2.45) is 0 Å². The van der Waals surface area contributed by atoms with Crippen molar-refractivity contribution in [1.29, 1.82) is 0 Å². The molecule has 1 aliphatic heterocycles. The van der Waals surface area contributed by atoms with Crippen LogP contribution in [0.15, 0.2) is 42.5 Å². The van der Waals surface area contributed by atoms with E-state index in [4.69, 9.17) is 16.6 Å². The third-order valence-corrected chi connectivity index (χ3v) is 6.63. The molecule has 0 unspecified atom stereocenters. The number of amides is 1. The second-order valence-corrected chi connectivity index (χ2v) is 8.65. The SMILES string of the molecule is CCc1cccc2sc(N3CCN(CCNC(=O)c4cccc(Cl)c4)CC3)nc12. The van der Waals surface area contributed by atoms with E-state index in [-0.39, 0.29) is 5.91 Å². The molecule has 4 rings (SSSR count). The lowest BCUT2D eigenvalue weighted by molar-refractivity contribution is 0.0948. The Morgan fingerprint density at radius 1 is 1.17 bits per heavy atom. The minimum Gasteiger partial charge on any atom is -0.351 e. The summed E-state index contributed by atoms with van der Waals surface area (Å²) in [6, 6.07) is 13.5. The Morgan fingerprint density at radius 2 is 1.97 bits per heavy atom. The van der Waals surface area contributed by atoms with Gasteiger partial charge in [-0.05, 0) is 36.2 Å². The Labute approximate surface area is 180 Å². The van der Waals surface area contributed by atoms with Crippen molar-refractivity contribution in [1.82, 2.24) is 15.2 Å². The number of hydrogen-bond donors (Lipinski definition) is 1. The Hall–Kier alpha value is -2.15. The molecular formula is C22H25ClN4OS. The Morgan fingerprint density at radius 3 is 2.72 bits per heavy atom. The zero-order valence-electron chi connectivity index (χ0n) is 16.5.